The van der Waals surface area contributed by atoms with Crippen LogP contribution in [0.5, 0.6) is 0 Å². The fourth-order valence-electron chi connectivity index (χ4n) is 4.07. The number of nitrogens with zero attached hydrogens (tertiary/aromatic N) is 2. The molecule has 0 aromatic carbocycles. The summed E-state index contributed by atoms with van der Waals surface area (Å²) >= 11 is 0. The zero-order chi connectivity index (χ0) is 15.7. The number of carbonyl (C=O) groups excluding carboxylic acids is 1. The first-order valence-corrected chi connectivity index (χ1v) is 9.61. The van der Waals surface area contributed by atoms with Crippen molar-refractivity contribution >= 4 is 14.8 Å². The van der Waals surface area contributed by atoms with Crippen LogP contribution in [0.2, 0.25) is 11.1 Å². The lowest BCUT2D eigenvalue weighted by molar-refractivity contribution is -0.0566. The molecule has 0 aromatic heterocycles. The molecule has 0 radical (unpaired) electrons. The number of urea groups is 1. The predicted octanol–water partition coefficient (Wildman–Crippen LogP) is 2.73. The summed E-state index contributed by atoms with van der Waals surface area (Å²) in [5.41, 5.74) is 1.43. The lowest BCUT2D eigenvalue weighted by Crippen LogP contribution is -2.57. The Morgan fingerprint density at radius 2 is 1.50 bits per heavy atom. The maximum Gasteiger partial charge on any atom is 0.319 e. The molecule has 1 aliphatic heterocycles. The molecule has 0 unspecified atom stereocenters. The summed E-state index contributed by atoms with van der Waals surface area (Å²) in [6, 6.07) is 0.0872. The van der Waals surface area contributed by atoms with Gasteiger partial charge in [0, 0.05) is 14.1 Å². The second-order valence-corrected chi connectivity index (χ2v) is 12.5. The number of carbonyl (C=O) groups is 1. The van der Waals surface area contributed by atoms with Crippen LogP contribution in [0.4, 0.5) is 4.79 Å². The first-order chi connectivity index (χ1) is 9.06. The van der Waals surface area contributed by atoms with Crippen LogP contribution in [-0.4, -0.2) is 63.1 Å². The number of hydrogen-bond acceptors (Lipinski definition) is 2. The van der Waals surface area contributed by atoms with E-state index in [0.717, 1.165) is 0 Å². The van der Waals surface area contributed by atoms with Crippen molar-refractivity contribution in [2.75, 3.05) is 27.2 Å². The van der Waals surface area contributed by atoms with Crippen LogP contribution in [0, 0.1) is 0 Å². The van der Waals surface area contributed by atoms with Crippen LogP contribution >= 0.6 is 0 Å². The predicted molar refractivity (Wildman–Crippen MR) is 87.0 cm³/mol. The fraction of sp³-hybridized carbons (Fsp3) is 0.933. The highest BCUT2D eigenvalue weighted by Gasteiger charge is 2.40. The Balaban J connectivity index is 2.77. The van der Waals surface area contributed by atoms with E-state index in [1.54, 1.807) is 9.80 Å². The van der Waals surface area contributed by atoms with Gasteiger partial charge in [-0.3, -0.25) is 0 Å². The summed E-state index contributed by atoms with van der Waals surface area (Å²) in [6.07, 6.45) is 0.116. The Bertz CT molecular complexity index is 323. The molecule has 5 heteroatoms. The highest BCUT2D eigenvalue weighted by atomic mass is 28.3. The Labute approximate surface area is 126 Å². The third kappa shape index (κ3) is 3.98. The van der Waals surface area contributed by atoms with Crippen molar-refractivity contribution in [2.45, 2.75) is 64.0 Å². The van der Waals surface area contributed by atoms with Crippen molar-refractivity contribution in [3.63, 3.8) is 0 Å². The zero-order valence-electron chi connectivity index (χ0n) is 14.4. The third-order valence-corrected chi connectivity index (χ3v) is 8.93. The van der Waals surface area contributed by atoms with Gasteiger partial charge in [-0.2, -0.15) is 0 Å². The van der Waals surface area contributed by atoms with Gasteiger partial charge in [0.05, 0.1) is 33.2 Å². The number of amides is 2. The highest BCUT2D eigenvalue weighted by Crippen LogP contribution is 2.33. The first-order valence-electron chi connectivity index (χ1n) is 7.70. The summed E-state index contributed by atoms with van der Waals surface area (Å²) in [7, 11) is 2.64. The van der Waals surface area contributed by atoms with Gasteiger partial charge in [-0.25, -0.2) is 4.79 Å². The van der Waals surface area contributed by atoms with Crippen molar-refractivity contribution in [3.8, 4) is 0 Å². The minimum atomic E-state index is -1.06. The summed E-state index contributed by atoms with van der Waals surface area (Å²) in [5.74, 6) is 0. The minimum absolute atomic E-state index is 0.0466. The molecule has 1 fully saturated rings. The molecule has 20 heavy (non-hydrogen) atoms. The summed E-state index contributed by atoms with van der Waals surface area (Å²) in [4.78, 5) is 15.3. The van der Waals surface area contributed by atoms with Crippen LogP contribution < -0.4 is 0 Å². The molecule has 0 atom stereocenters. The second kappa shape index (κ2) is 6.48. The SMILES string of the molecule is CC(C)[SiH](C(C)C)C(C)(C)OC1CN(C)C(=O)N(C)C1. The van der Waals surface area contributed by atoms with Gasteiger partial charge in [-0.05, 0) is 13.8 Å². The molecule has 118 valence electrons. The quantitative estimate of drug-likeness (QED) is 0.731. The van der Waals surface area contributed by atoms with Crippen molar-refractivity contribution in [1.82, 2.24) is 9.80 Å². The third-order valence-electron chi connectivity index (χ3n) is 4.32. The van der Waals surface area contributed by atoms with Gasteiger partial charge in [0.1, 0.15) is 0 Å². The zero-order valence-corrected chi connectivity index (χ0v) is 15.6. The molecule has 0 aliphatic carbocycles. The van der Waals surface area contributed by atoms with E-state index in [-0.39, 0.29) is 17.4 Å². The van der Waals surface area contributed by atoms with E-state index >= 15 is 0 Å². The van der Waals surface area contributed by atoms with E-state index in [1.165, 1.54) is 0 Å². The maximum absolute atomic E-state index is 11.8. The van der Waals surface area contributed by atoms with Crippen LogP contribution in [0.3, 0.4) is 0 Å². The van der Waals surface area contributed by atoms with Crippen LogP contribution in [-0.2, 0) is 4.74 Å². The van der Waals surface area contributed by atoms with Crippen molar-refractivity contribution in [1.29, 1.82) is 0 Å². The van der Waals surface area contributed by atoms with E-state index in [9.17, 15) is 4.79 Å². The molecule has 0 bridgehead atoms. The smallest absolute Gasteiger partial charge is 0.319 e. The summed E-state index contributed by atoms with van der Waals surface area (Å²) in [5, 5.41) is -0.0466. The van der Waals surface area contributed by atoms with Crippen LogP contribution in [0.25, 0.3) is 0 Å². The van der Waals surface area contributed by atoms with Gasteiger partial charge in [-0.15, -0.1) is 0 Å². The van der Waals surface area contributed by atoms with Crippen LogP contribution in [0.15, 0.2) is 0 Å². The Morgan fingerprint density at radius 1 is 1.10 bits per heavy atom. The highest BCUT2D eigenvalue weighted by molar-refractivity contribution is 6.64. The molecule has 0 spiro atoms. The molecule has 1 rings (SSSR count). The molecule has 2 amide bonds. The molecular weight excluding hydrogens is 268 g/mol. The maximum atomic E-state index is 11.8. The topological polar surface area (TPSA) is 32.8 Å². The monoisotopic (exact) mass is 300 g/mol. The number of likely N-dealkylation sites (N-methyl/N-ethyl adjacent to an activating group) is 2. The molecule has 1 aliphatic rings. The molecular formula is C15H32N2O2Si. The average molecular weight is 301 g/mol. The van der Waals surface area contributed by atoms with E-state index in [4.69, 9.17) is 4.74 Å². The Morgan fingerprint density at radius 3 is 1.85 bits per heavy atom. The van der Waals surface area contributed by atoms with Gasteiger partial charge in [-0.1, -0.05) is 38.8 Å². The van der Waals surface area contributed by atoms with E-state index in [1.807, 2.05) is 14.1 Å². The second-order valence-electron chi connectivity index (χ2n) is 7.40. The minimum Gasteiger partial charge on any atom is -0.372 e. The standard InChI is InChI=1S/C15H32N2O2Si/c1-11(2)20(12(3)4)15(5,6)19-13-9-16(7)14(18)17(8)10-13/h11-13,20H,9-10H2,1-8H3. The molecule has 0 N–H and O–H groups in total. The lowest BCUT2D eigenvalue weighted by atomic mass is 10.2. The normalized spacial score (nSPS) is 18.9. The van der Waals surface area contributed by atoms with Crippen molar-refractivity contribution in [3.05, 3.63) is 0 Å². The largest absolute Gasteiger partial charge is 0.372 e. The fourth-order valence-corrected chi connectivity index (χ4v) is 9.17. The number of ether oxygens (including phenoxy) is 1. The van der Waals surface area contributed by atoms with Gasteiger partial charge in [0.2, 0.25) is 0 Å². The van der Waals surface area contributed by atoms with Crippen LogP contribution in [0.1, 0.15) is 41.5 Å². The molecule has 4 nitrogen and oxygen atoms in total. The van der Waals surface area contributed by atoms with Gasteiger partial charge < -0.3 is 14.5 Å². The van der Waals surface area contributed by atoms with E-state index < -0.39 is 8.80 Å². The van der Waals surface area contributed by atoms with Crippen molar-refractivity contribution < 1.29 is 9.53 Å². The summed E-state index contributed by atoms with van der Waals surface area (Å²) < 4.78 is 6.48. The molecule has 1 heterocycles. The average Bonchev–Trinajstić information content (AvgIpc) is 2.22. The molecule has 0 aromatic rings. The molecule has 0 saturated carbocycles. The van der Waals surface area contributed by atoms with Gasteiger partial charge in [0.25, 0.3) is 0 Å². The van der Waals surface area contributed by atoms with Crippen molar-refractivity contribution in [2.24, 2.45) is 0 Å². The van der Waals surface area contributed by atoms with E-state index in [2.05, 4.69) is 41.5 Å². The first kappa shape index (κ1) is 17.5. The van der Waals surface area contributed by atoms with Gasteiger partial charge in [0.15, 0.2) is 0 Å². The summed E-state index contributed by atoms with van der Waals surface area (Å²) in [6.45, 7) is 15.2. The molecule has 1 saturated heterocycles. The van der Waals surface area contributed by atoms with Gasteiger partial charge >= 0.3 is 6.03 Å². The Kier molecular flexibility index (Phi) is 5.67. The Hall–Kier alpha value is -0.553. The number of rotatable bonds is 5. The number of hydrogen-bond donors (Lipinski definition) is 0. The lowest BCUT2D eigenvalue weighted by Gasteiger charge is -2.44. The van der Waals surface area contributed by atoms with E-state index in [0.29, 0.717) is 24.2 Å².